The van der Waals surface area contributed by atoms with Gasteiger partial charge in [-0.05, 0) is 44.1 Å². The van der Waals surface area contributed by atoms with E-state index in [1.807, 2.05) is 6.07 Å². The van der Waals surface area contributed by atoms with E-state index < -0.39 is 10.0 Å². The fraction of sp³-hybridized carbons (Fsp3) is 0.500. The van der Waals surface area contributed by atoms with Crippen molar-refractivity contribution in [3.05, 3.63) is 23.8 Å². The van der Waals surface area contributed by atoms with Crippen molar-refractivity contribution in [1.82, 2.24) is 4.90 Å². The lowest BCUT2D eigenvalue weighted by Crippen LogP contribution is -2.33. The molecule has 0 spiro atoms. The van der Waals surface area contributed by atoms with Crippen molar-refractivity contribution < 1.29 is 8.42 Å². The molecule has 3 N–H and O–H groups in total. The molecule has 114 valence electrons. The Balaban J connectivity index is 1.98. The maximum Gasteiger partial charge on any atom is 0.238 e. The van der Waals surface area contributed by atoms with Crippen molar-refractivity contribution in [3.8, 4) is 6.07 Å². The van der Waals surface area contributed by atoms with Crippen molar-refractivity contribution in [2.24, 2.45) is 5.14 Å². The summed E-state index contributed by atoms with van der Waals surface area (Å²) in [5, 5.41) is 17.4. The van der Waals surface area contributed by atoms with Crippen molar-refractivity contribution >= 4 is 15.7 Å². The molecular weight excluding hydrogens is 288 g/mol. The van der Waals surface area contributed by atoms with E-state index in [-0.39, 0.29) is 4.90 Å². The Morgan fingerprint density at radius 1 is 1.29 bits per heavy atom. The number of primary sulfonamides is 1. The van der Waals surface area contributed by atoms with E-state index in [1.165, 1.54) is 31.4 Å². The minimum Gasteiger partial charge on any atom is -0.383 e. The first-order chi connectivity index (χ1) is 10.0. The summed E-state index contributed by atoms with van der Waals surface area (Å²) in [6, 6.07) is 6.31. The van der Waals surface area contributed by atoms with Crippen LogP contribution in [-0.2, 0) is 10.0 Å². The predicted molar refractivity (Wildman–Crippen MR) is 81.3 cm³/mol. The molecule has 2 rings (SSSR count). The van der Waals surface area contributed by atoms with Crippen LogP contribution in [0, 0.1) is 11.3 Å². The molecule has 1 aromatic rings. The molecule has 0 aromatic heterocycles. The van der Waals surface area contributed by atoms with Crippen LogP contribution >= 0.6 is 0 Å². The van der Waals surface area contributed by atoms with Gasteiger partial charge in [-0.3, -0.25) is 0 Å². The number of anilines is 1. The highest BCUT2D eigenvalue weighted by atomic mass is 32.2. The van der Waals surface area contributed by atoms with Crippen LogP contribution in [0.15, 0.2) is 23.1 Å². The van der Waals surface area contributed by atoms with Crippen molar-refractivity contribution in [3.63, 3.8) is 0 Å². The Hall–Kier alpha value is -1.62. The van der Waals surface area contributed by atoms with Gasteiger partial charge in [-0.25, -0.2) is 13.6 Å². The van der Waals surface area contributed by atoms with Crippen LogP contribution in [0.3, 0.4) is 0 Å². The zero-order valence-corrected chi connectivity index (χ0v) is 12.7. The molecule has 1 aliphatic rings. The Morgan fingerprint density at radius 3 is 2.62 bits per heavy atom. The summed E-state index contributed by atoms with van der Waals surface area (Å²) in [7, 11) is -3.78. The van der Waals surface area contributed by atoms with Gasteiger partial charge in [0.05, 0.1) is 16.1 Å². The predicted octanol–water partition coefficient (Wildman–Crippen LogP) is 1.10. The van der Waals surface area contributed by atoms with Gasteiger partial charge >= 0.3 is 0 Å². The number of benzene rings is 1. The Morgan fingerprint density at radius 2 is 2.00 bits per heavy atom. The minimum absolute atomic E-state index is 0.0411. The highest BCUT2D eigenvalue weighted by molar-refractivity contribution is 7.89. The maximum atomic E-state index is 11.3. The topological polar surface area (TPSA) is 99.2 Å². The number of nitrogens with two attached hydrogens (primary N) is 1. The zero-order valence-electron chi connectivity index (χ0n) is 11.9. The monoisotopic (exact) mass is 308 g/mol. The van der Waals surface area contributed by atoms with Crippen LogP contribution in [0.25, 0.3) is 0 Å². The number of sulfonamides is 1. The van der Waals surface area contributed by atoms with Crippen LogP contribution in [0.4, 0.5) is 5.69 Å². The van der Waals surface area contributed by atoms with Gasteiger partial charge in [-0.1, -0.05) is 6.42 Å². The first-order valence-corrected chi connectivity index (χ1v) is 8.58. The van der Waals surface area contributed by atoms with Crippen LogP contribution in [-0.4, -0.2) is 39.5 Å². The smallest absolute Gasteiger partial charge is 0.238 e. The number of likely N-dealkylation sites (tertiary alicyclic amines) is 1. The van der Waals surface area contributed by atoms with Crippen LogP contribution in [0.5, 0.6) is 0 Å². The maximum absolute atomic E-state index is 11.3. The summed E-state index contributed by atoms with van der Waals surface area (Å²) < 4.78 is 22.5. The first-order valence-electron chi connectivity index (χ1n) is 7.04. The fourth-order valence-electron chi connectivity index (χ4n) is 2.48. The number of hydrogen-bond acceptors (Lipinski definition) is 5. The average Bonchev–Trinajstić information content (AvgIpc) is 2.47. The van der Waals surface area contributed by atoms with Gasteiger partial charge in [-0.2, -0.15) is 5.26 Å². The largest absolute Gasteiger partial charge is 0.383 e. The molecule has 1 aliphatic heterocycles. The number of piperidine rings is 1. The summed E-state index contributed by atoms with van der Waals surface area (Å²) >= 11 is 0. The van der Waals surface area contributed by atoms with Gasteiger partial charge in [0.15, 0.2) is 0 Å². The van der Waals surface area contributed by atoms with E-state index in [2.05, 4.69) is 10.2 Å². The van der Waals surface area contributed by atoms with Gasteiger partial charge in [0.2, 0.25) is 10.0 Å². The lowest BCUT2D eigenvalue weighted by Gasteiger charge is -2.26. The van der Waals surface area contributed by atoms with E-state index in [1.54, 1.807) is 6.07 Å². The van der Waals surface area contributed by atoms with E-state index in [0.717, 1.165) is 26.2 Å². The minimum atomic E-state index is -3.78. The molecule has 6 nitrogen and oxygen atoms in total. The van der Waals surface area contributed by atoms with Gasteiger partial charge in [0, 0.05) is 13.1 Å². The summed E-state index contributed by atoms with van der Waals surface area (Å²) in [5.41, 5.74) is 0.932. The molecule has 0 unspecified atom stereocenters. The Labute approximate surface area is 125 Å². The normalized spacial score (nSPS) is 16.4. The lowest BCUT2D eigenvalue weighted by molar-refractivity contribution is 0.237. The molecule has 1 aromatic carbocycles. The molecule has 21 heavy (non-hydrogen) atoms. The van der Waals surface area contributed by atoms with Gasteiger partial charge in [-0.15, -0.1) is 0 Å². The van der Waals surface area contributed by atoms with Crippen LogP contribution in [0.2, 0.25) is 0 Å². The summed E-state index contributed by atoms with van der Waals surface area (Å²) in [4.78, 5) is 2.35. The second-order valence-corrected chi connectivity index (χ2v) is 6.75. The van der Waals surface area contributed by atoms with Crippen LogP contribution < -0.4 is 10.5 Å². The molecular formula is C14H20N4O2S. The number of nitrogens with one attached hydrogen (secondary N) is 1. The number of nitriles is 1. The van der Waals surface area contributed by atoms with E-state index in [4.69, 9.17) is 10.4 Å². The van der Waals surface area contributed by atoms with Crippen molar-refractivity contribution in [2.45, 2.75) is 24.2 Å². The lowest BCUT2D eigenvalue weighted by atomic mass is 10.1. The van der Waals surface area contributed by atoms with Crippen LogP contribution in [0.1, 0.15) is 24.8 Å². The quantitative estimate of drug-likeness (QED) is 0.848. The first kappa shape index (κ1) is 15.8. The summed E-state index contributed by atoms with van der Waals surface area (Å²) in [6.07, 6.45) is 3.79. The van der Waals surface area contributed by atoms with Gasteiger partial charge < -0.3 is 10.2 Å². The second-order valence-electron chi connectivity index (χ2n) is 5.19. The fourth-order valence-corrected chi connectivity index (χ4v) is 3.02. The van der Waals surface area contributed by atoms with E-state index in [9.17, 15) is 8.42 Å². The highest BCUT2D eigenvalue weighted by Gasteiger charge is 2.12. The molecule has 0 amide bonds. The molecule has 0 atom stereocenters. The molecule has 0 bridgehead atoms. The molecule has 7 heteroatoms. The third-order valence-electron chi connectivity index (χ3n) is 3.63. The number of hydrogen-bond donors (Lipinski definition) is 2. The Kier molecular flexibility index (Phi) is 5.17. The standard InChI is InChI=1S/C14H20N4O2S/c15-11-12-10-13(21(16,19)20)4-5-14(12)17-6-9-18-7-2-1-3-8-18/h4-5,10,17H,1-3,6-9H2,(H2,16,19,20). The number of rotatable bonds is 5. The Bertz CT molecular complexity index is 631. The highest BCUT2D eigenvalue weighted by Crippen LogP contribution is 2.19. The molecule has 1 fully saturated rings. The molecule has 1 heterocycles. The third kappa shape index (κ3) is 4.43. The second kappa shape index (κ2) is 6.89. The zero-order chi connectivity index (χ0) is 15.3. The van der Waals surface area contributed by atoms with Crippen molar-refractivity contribution in [2.75, 3.05) is 31.5 Å². The SMILES string of the molecule is N#Cc1cc(S(N)(=O)=O)ccc1NCCN1CCCCC1. The molecule has 0 radical (unpaired) electrons. The number of nitrogens with zero attached hydrogens (tertiary/aromatic N) is 2. The molecule has 0 aliphatic carbocycles. The van der Waals surface area contributed by atoms with E-state index in [0.29, 0.717) is 11.3 Å². The average molecular weight is 308 g/mol. The summed E-state index contributed by atoms with van der Waals surface area (Å²) in [5.74, 6) is 0. The molecule has 1 saturated heterocycles. The molecule has 0 saturated carbocycles. The van der Waals surface area contributed by atoms with Gasteiger partial charge in [0.25, 0.3) is 0 Å². The third-order valence-corrected chi connectivity index (χ3v) is 4.54. The van der Waals surface area contributed by atoms with Crippen molar-refractivity contribution in [1.29, 1.82) is 5.26 Å². The van der Waals surface area contributed by atoms with E-state index >= 15 is 0 Å². The summed E-state index contributed by atoms with van der Waals surface area (Å²) in [6.45, 7) is 3.89. The van der Waals surface area contributed by atoms with Gasteiger partial charge in [0.1, 0.15) is 6.07 Å².